The van der Waals surface area contributed by atoms with Gasteiger partial charge in [0.2, 0.25) is 0 Å². The van der Waals surface area contributed by atoms with Crippen LogP contribution >= 0.6 is 0 Å². The van der Waals surface area contributed by atoms with Crippen LogP contribution in [0.1, 0.15) is 36.6 Å². The second-order valence-corrected chi connectivity index (χ2v) is 13.9. The van der Waals surface area contributed by atoms with Gasteiger partial charge < -0.3 is 14.2 Å². The first-order valence-electron chi connectivity index (χ1n) is 9.94. The number of hydrogen-bond donors (Lipinski definition) is 0. The number of ether oxygens (including phenoxy) is 3. The van der Waals surface area contributed by atoms with E-state index in [0.717, 1.165) is 6.04 Å². The van der Waals surface area contributed by atoms with Crippen LogP contribution in [-0.2, 0) is 27.4 Å². The zero-order valence-corrected chi connectivity index (χ0v) is 19.2. The molecule has 9 heteroatoms. The van der Waals surface area contributed by atoms with Gasteiger partial charge in [0.1, 0.15) is 12.5 Å². The number of rotatable bonds is 11. The highest BCUT2D eigenvalue weighted by Gasteiger charge is 2.21. The second-order valence-electron chi connectivity index (χ2n) is 8.25. The first-order chi connectivity index (χ1) is 14.1. The molecule has 0 aliphatic rings. The third kappa shape index (κ3) is 7.53. The van der Waals surface area contributed by atoms with E-state index >= 15 is 0 Å². The molecule has 0 fully saturated rings. The molecule has 0 saturated carbocycles. The number of hydrogen-bond acceptors (Lipinski definition) is 5. The molecule has 1 atom stereocenters. The van der Waals surface area contributed by atoms with Crippen molar-refractivity contribution in [2.24, 2.45) is 0 Å². The molecule has 0 spiro atoms. The molecule has 166 valence electrons. The Bertz CT molecular complexity index is 837. The molecule has 0 aliphatic heterocycles. The van der Waals surface area contributed by atoms with Crippen LogP contribution in [0.4, 0.5) is 8.78 Å². The van der Waals surface area contributed by atoms with E-state index in [1.54, 1.807) is 29.2 Å². The smallest absolute Gasteiger partial charge is 0.387 e. The molecular weight excluding hydrogens is 410 g/mol. The van der Waals surface area contributed by atoms with Gasteiger partial charge in [0, 0.05) is 33.4 Å². The fourth-order valence-electron chi connectivity index (χ4n) is 2.87. The molecule has 0 saturated heterocycles. The molecule has 1 aromatic carbocycles. The number of aryl methyl sites for hydroxylation is 1. The van der Waals surface area contributed by atoms with Crippen molar-refractivity contribution in [2.75, 3.05) is 6.61 Å². The summed E-state index contributed by atoms with van der Waals surface area (Å²) >= 11 is 0. The van der Waals surface area contributed by atoms with E-state index in [9.17, 15) is 13.6 Å². The monoisotopic (exact) mass is 440 g/mol. The summed E-state index contributed by atoms with van der Waals surface area (Å²) in [5.41, 5.74) is 1.93. The van der Waals surface area contributed by atoms with Crippen molar-refractivity contribution in [2.45, 2.75) is 65.4 Å². The lowest BCUT2D eigenvalue weighted by Gasteiger charge is -2.18. The van der Waals surface area contributed by atoms with E-state index < -0.39 is 26.8 Å². The highest BCUT2D eigenvalue weighted by molar-refractivity contribution is 6.76. The van der Waals surface area contributed by atoms with Crippen molar-refractivity contribution >= 4 is 14.0 Å². The van der Waals surface area contributed by atoms with Crippen LogP contribution in [-0.4, -0.2) is 37.0 Å². The summed E-state index contributed by atoms with van der Waals surface area (Å²) in [4.78, 5) is 11.7. The maximum absolute atomic E-state index is 12.6. The number of alkyl halides is 2. The minimum absolute atomic E-state index is 0.115. The Morgan fingerprint density at radius 2 is 1.97 bits per heavy atom. The minimum Gasteiger partial charge on any atom is -0.453 e. The van der Waals surface area contributed by atoms with Crippen LogP contribution in [0.5, 0.6) is 5.75 Å². The van der Waals surface area contributed by atoms with Gasteiger partial charge in [-0.15, -0.1) is 0 Å². The first-order valence-corrected chi connectivity index (χ1v) is 13.6. The summed E-state index contributed by atoms with van der Waals surface area (Å²) in [5.74, 6) is -0.339. The van der Waals surface area contributed by atoms with Crippen LogP contribution in [0.2, 0.25) is 25.7 Å². The largest absolute Gasteiger partial charge is 0.453 e. The maximum atomic E-state index is 12.6. The van der Waals surface area contributed by atoms with Gasteiger partial charge in [-0.2, -0.15) is 13.9 Å². The van der Waals surface area contributed by atoms with Gasteiger partial charge in [0.05, 0.1) is 6.20 Å². The minimum atomic E-state index is -2.90. The summed E-state index contributed by atoms with van der Waals surface area (Å²) in [5, 5.41) is 4.29. The fraction of sp³-hybridized carbons (Fsp3) is 0.524. The van der Waals surface area contributed by atoms with Crippen LogP contribution in [0, 0.1) is 0 Å². The van der Waals surface area contributed by atoms with Crippen LogP contribution in [0.25, 0.3) is 0 Å². The number of nitrogens with zero attached hydrogens (tertiary/aromatic N) is 2. The third-order valence-electron chi connectivity index (χ3n) is 4.44. The average Bonchev–Trinajstić information content (AvgIpc) is 3.11. The number of carbonyl (C=O) groups excluding carboxylic acids is 1. The van der Waals surface area contributed by atoms with Gasteiger partial charge in [0.25, 0.3) is 0 Å². The average molecular weight is 441 g/mol. The molecule has 2 rings (SSSR count). The van der Waals surface area contributed by atoms with E-state index in [0.29, 0.717) is 36.4 Å². The van der Waals surface area contributed by atoms with Crippen molar-refractivity contribution in [3.8, 4) is 5.75 Å². The van der Waals surface area contributed by atoms with Crippen molar-refractivity contribution < 1.29 is 27.8 Å². The lowest BCUT2D eigenvalue weighted by atomic mass is 10.00. The maximum Gasteiger partial charge on any atom is 0.387 e. The zero-order chi connectivity index (χ0) is 22.3. The molecule has 1 heterocycles. The van der Waals surface area contributed by atoms with E-state index in [2.05, 4.69) is 29.5 Å². The van der Waals surface area contributed by atoms with Gasteiger partial charge in [-0.05, 0) is 35.7 Å². The summed E-state index contributed by atoms with van der Waals surface area (Å²) < 4.78 is 42.7. The Hall–Kier alpha value is -2.26. The molecule has 0 radical (unpaired) electrons. The predicted octanol–water partition coefficient (Wildman–Crippen LogP) is 5.01. The Balaban J connectivity index is 2.18. The number of esters is 1. The van der Waals surface area contributed by atoms with Crippen molar-refractivity contribution in [3.63, 3.8) is 0 Å². The van der Waals surface area contributed by atoms with Crippen LogP contribution in [0.15, 0.2) is 30.6 Å². The highest BCUT2D eigenvalue weighted by atomic mass is 28.3. The summed E-state index contributed by atoms with van der Waals surface area (Å²) in [6.45, 7) is 8.10. The molecule has 0 amide bonds. The van der Waals surface area contributed by atoms with E-state index in [-0.39, 0.29) is 5.75 Å². The quantitative estimate of drug-likeness (QED) is 0.279. The summed E-state index contributed by atoms with van der Waals surface area (Å²) in [6, 6.07) is 5.87. The Kier molecular flexibility index (Phi) is 8.54. The number of halogens is 2. The van der Waals surface area contributed by atoms with Crippen LogP contribution < -0.4 is 4.74 Å². The lowest BCUT2D eigenvalue weighted by Crippen LogP contribution is -2.22. The number of carbonyl (C=O) groups is 1. The Morgan fingerprint density at radius 3 is 2.57 bits per heavy atom. The van der Waals surface area contributed by atoms with E-state index in [1.807, 2.05) is 6.92 Å². The number of benzene rings is 1. The molecular formula is C21H30F2N2O4Si. The predicted molar refractivity (Wildman–Crippen MR) is 112 cm³/mol. The second kappa shape index (κ2) is 10.7. The first kappa shape index (κ1) is 24.0. The highest BCUT2D eigenvalue weighted by Crippen LogP contribution is 2.31. The molecule has 1 aromatic heterocycles. The van der Waals surface area contributed by atoms with Crippen molar-refractivity contribution in [3.05, 3.63) is 47.3 Å². The number of aromatic nitrogens is 2. The van der Waals surface area contributed by atoms with Crippen molar-refractivity contribution in [1.29, 1.82) is 0 Å². The van der Waals surface area contributed by atoms with Crippen molar-refractivity contribution in [1.82, 2.24) is 9.78 Å². The molecule has 0 N–H and O–H groups in total. The molecule has 0 bridgehead atoms. The lowest BCUT2D eigenvalue weighted by molar-refractivity contribution is -0.144. The zero-order valence-electron chi connectivity index (χ0n) is 18.2. The standard InChI is InChI=1S/C21H30F2N2O4Si/c1-6-16-11-17(7-8-19(16)29-21(22)23)20(28-15(2)26)18-12-24-25(13-18)14-27-9-10-30(3,4)5/h7-8,11-13,20-21H,6,9-10,14H2,1-5H3. The summed E-state index contributed by atoms with van der Waals surface area (Å²) in [7, 11) is -1.16. The molecule has 0 aliphatic carbocycles. The van der Waals surface area contributed by atoms with Crippen LogP contribution in [0.3, 0.4) is 0 Å². The van der Waals surface area contributed by atoms with Gasteiger partial charge in [0.15, 0.2) is 6.10 Å². The molecule has 1 unspecified atom stereocenters. The Morgan fingerprint density at radius 1 is 1.23 bits per heavy atom. The van der Waals surface area contributed by atoms with E-state index in [4.69, 9.17) is 9.47 Å². The van der Waals surface area contributed by atoms with E-state index in [1.165, 1.54) is 13.0 Å². The molecule has 2 aromatic rings. The summed E-state index contributed by atoms with van der Waals surface area (Å²) in [6.07, 6.45) is 3.17. The SMILES string of the molecule is CCc1cc(C(OC(C)=O)c2cnn(COCC[Si](C)(C)C)c2)ccc1OC(F)F. The third-order valence-corrected chi connectivity index (χ3v) is 6.15. The van der Waals surface area contributed by atoms with Gasteiger partial charge in [-0.1, -0.05) is 32.6 Å². The molecule has 6 nitrogen and oxygen atoms in total. The van der Waals surface area contributed by atoms with Gasteiger partial charge >= 0.3 is 12.6 Å². The normalized spacial score (nSPS) is 12.8. The molecule has 30 heavy (non-hydrogen) atoms. The fourth-order valence-corrected chi connectivity index (χ4v) is 3.62. The Labute approximate surface area is 177 Å². The topological polar surface area (TPSA) is 62.6 Å². The van der Waals surface area contributed by atoms with Gasteiger partial charge in [-0.3, -0.25) is 4.79 Å². The van der Waals surface area contributed by atoms with Gasteiger partial charge in [-0.25, -0.2) is 4.68 Å².